The first-order chi connectivity index (χ1) is 18.4. The first-order valence-corrected chi connectivity index (χ1v) is 12.8. The third-order valence-electron chi connectivity index (χ3n) is 8.29. The average molecular weight is 542 g/mol. The van der Waals surface area contributed by atoms with E-state index in [4.69, 9.17) is 15.2 Å². The number of benzene rings is 2. The minimum atomic E-state index is -2.19. The van der Waals surface area contributed by atoms with Gasteiger partial charge in [-0.15, -0.1) is 0 Å². The highest BCUT2D eigenvalue weighted by Gasteiger charge is 2.50. The molecule has 2 aromatic rings. The Morgan fingerprint density at radius 1 is 1.10 bits per heavy atom. The molecule has 1 saturated carbocycles. The van der Waals surface area contributed by atoms with E-state index in [2.05, 4.69) is 0 Å². The zero-order valence-electron chi connectivity index (χ0n) is 21.5. The number of aromatic hydroxyl groups is 2. The summed E-state index contributed by atoms with van der Waals surface area (Å²) in [6.07, 6.45) is -2.82. The van der Waals surface area contributed by atoms with Crippen LogP contribution in [-0.2, 0) is 16.0 Å². The molecule has 11 nitrogen and oxygen atoms in total. The van der Waals surface area contributed by atoms with Gasteiger partial charge in [-0.05, 0) is 24.8 Å². The number of ether oxygens (including phenoxy) is 2. The van der Waals surface area contributed by atoms with Crippen molar-refractivity contribution in [2.75, 3.05) is 13.7 Å². The number of nitrogens with two attached hydrogens (primary N) is 1. The molecule has 11 heteroatoms. The van der Waals surface area contributed by atoms with Gasteiger partial charge in [0.05, 0.1) is 42.1 Å². The van der Waals surface area contributed by atoms with E-state index in [-0.39, 0.29) is 40.3 Å². The minimum absolute atomic E-state index is 0.0319. The van der Waals surface area contributed by atoms with Gasteiger partial charge < -0.3 is 40.7 Å². The molecule has 3 aliphatic carbocycles. The number of ketones is 3. The van der Waals surface area contributed by atoms with Gasteiger partial charge in [-0.25, -0.2) is 0 Å². The summed E-state index contributed by atoms with van der Waals surface area (Å²) in [5.74, 6) is -3.79. The van der Waals surface area contributed by atoms with Gasteiger partial charge in [0.15, 0.2) is 11.6 Å². The highest BCUT2D eigenvalue weighted by Crippen LogP contribution is 2.52. The van der Waals surface area contributed by atoms with Crippen molar-refractivity contribution in [3.05, 3.63) is 51.6 Å². The maximum absolute atomic E-state index is 13.7. The Bertz CT molecular complexity index is 1380. The Morgan fingerprint density at radius 2 is 1.79 bits per heavy atom. The molecule has 0 aliphatic heterocycles. The highest BCUT2D eigenvalue weighted by molar-refractivity contribution is 6.31. The molecule has 0 radical (unpaired) electrons. The van der Waals surface area contributed by atoms with Crippen LogP contribution in [-0.4, -0.2) is 80.4 Å². The highest BCUT2D eigenvalue weighted by atomic mass is 16.5. The van der Waals surface area contributed by atoms with Crippen molar-refractivity contribution >= 4 is 17.3 Å². The van der Waals surface area contributed by atoms with Crippen LogP contribution in [0.5, 0.6) is 17.2 Å². The number of carbonyl (C=O) groups is 3. The third-order valence-corrected chi connectivity index (χ3v) is 8.29. The molecule has 0 heterocycles. The molecular weight excluding hydrogens is 510 g/mol. The molecular formula is C28H31NO10. The fourth-order valence-electron chi connectivity index (χ4n) is 6.25. The number of hydrogen-bond donors (Lipinski definition) is 6. The zero-order valence-corrected chi connectivity index (χ0v) is 21.5. The lowest BCUT2D eigenvalue weighted by Crippen LogP contribution is -2.50. The number of phenols is 2. The Kier molecular flexibility index (Phi) is 6.76. The number of Topliss-reactive ketones (excluding diaryl/α,β-unsaturated/α-hetero) is 1. The molecule has 3 aliphatic rings. The zero-order chi connectivity index (χ0) is 28.4. The smallest absolute Gasteiger partial charge is 0.202 e. The van der Waals surface area contributed by atoms with Gasteiger partial charge in [0.1, 0.15) is 29.5 Å². The second kappa shape index (κ2) is 9.68. The molecule has 0 spiro atoms. The lowest BCUT2D eigenvalue weighted by molar-refractivity contribution is -0.151. The third kappa shape index (κ3) is 4.12. The van der Waals surface area contributed by atoms with Crippen LogP contribution in [0, 0.1) is 5.92 Å². The predicted octanol–water partition coefficient (Wildman–Crippen LogP) is 0.665. The van der Waals surface area contributed by atoms with Crippen molar-refractivity contribution in [3.8, 4) is 17.2 Å². The SMILES string of the molecule is COc1cccc2c1C(=O)c1c(O)c3c(c(O)c1C2=O)C[C@@](O)(C(=O)CO)C[C@@H]3O[C@@H]1C[C@@H](C)[C@@H](O)[C@@H](N)C1. The number of rotatable bonds is 5. The number of aliphatic hydroxyl groups is 3. The van der Waals surface area contributed by atoms with E-state index < -0.39 is 89.4 Å². The predicted molar refractivity (Wildman–Crippen MR) is 135 cm³/mol. The number of phenolic OH excluding ortho intramolecular Hbond substituents is 2. The van der Waals surface area contributed by atoms with Crippen LogP contribution in [0.15, 0.2) is 18.2 Å². The number of carbonyl (C=O) groups excluding carboxylic acids is 3. The fraction of sp³-hybridized carbons (Fsp3) is 0.464. The van der Waals surface area contributed by atoms with Crippen molar-refractivity contribution in [1.82, 2.24) is 0 Å². The summed E-state index contributed by atoms with van der Waals surface area (Å²) in [6.45, 7) is 0.813. The minimum Gasteiger partial charge on any atom is -0.507 e. The summed E-state index contributed by atoms with van der Waals surface area (Å²) < 4.78 is 11.5. The van der Waals surface area contributed by atoms with Crippen molar-refractivity contribution in [1.29, 1.82) is 0 Å². The summed E-state index contributed by atoms with van der Waals surface area (Å²) in [6, 6.07) is 3.81. The summed E-state index contributed by atoms with van der Waals surface area (Å²) in [4.78, 5) is 39.8. The molecule has 0 amide bonds. The van der Waals surface area contributed by atoms with Crippen LogP contribution in [0.25, 0.3) is 0 Å². The quantitative estimate of drug-likeness (QED) is 0.248. The topological polar surface area (TPSA) is 197 Å². The van der Waals surface area contributed by atoms with E-state index in [9.17, 15) is 39.9 Å². The van der Waals surface area contributed by atoms with Crippen molar-refractivity contribution in [2.45, 2.75) is 62.6 Å². The number of aliphatic hydroxyl groups excluding tert-OH is 2. The van der Waals surface area contributed by atoms with Crippen LogP contribution < -0.4 is 10.5 Å². The van der Waals surface area contributed by atoms with Crippen molar-refractivity contribution in [2.24, 2.45) is 11.7 Å². The molecule has 0 aromatic heterocycles. The first-order valence-electron chi connectivity index (χ1n) is 12.8. The molecule has 7 N–H and O–H groups in total. The lowest BCUT2D eigenvalue weighted by Gasteiger charge is -2.42. The standard InChI is InChI=1S/C28H31NO10/c1-11-6-12(7-15(29)23(11)32)39-17-9-28(37,18(31)10-30)8-14-20(17)27(36)22-21(25(14)34)24(33)13-4-3-5-16(38-2)19(13)26(22)35/h3-5,11-12,15,17,23,30,32,34,36-37H,6-10,29H2,1-2H3/t11-,12-,15+,17+,23-,28+/m1/s1. The van der Waals surface area contributed by atoms with E-state index in [1.54, 1.807) is 6.92 Å². The van der Waals surface area contributed by atoms with Gasteiger partial charge in [-0.1, -0.05) is 19.1 Å². The van der Waals surface area contributed by atoms with Gasteiger partial charge in [-0.3, -0.25) is 14.4 Å². The molecule has 2 aromatic carbocycles. The molecule has 0 saturated heterocycles. The number of hydrogen-bond acceptors (Lipinski definition) is 11. The summed E-state index contributed by atoms with van der Waals surface area (Å²) >= 11 is 0. The van der Waals surface area contributed by atoms with Gasteiger partial charge >= 0.3 is 0 Å². The molecule has 6 atom stereocenters. The Morgan fingerprint density at radius 3 is 2.44 bits per heavy atom. The van der Waals surface area contributed by atoms with Gasteiger partial charge in [0.25, 0.3) is 0 Å². The van der Waals surface area contributed by atoms with Crippen LogP contribution in [0.1, 0.15) is 75.3 Å². The molecule has 1 fully saturated rings. The summed E-state index contributed by atoms with van der Waals surface area (Å²) in [7, 11) is 1.34. The summed E-state index contributed by atoms with van der Waals surface area (Å²) in [5.41, 5.74) is 2.76. The van der Waals surface area contributed by atoms with Crippen molar-refractivity contribution < 1.29 is 49.4 Å². The number of methoxy groups -OCH3 is 1. The maximum Gasteiger partial charge on any atom is 0.202 e. The molecule has 208 valence electrons. The molecule has 5 rings (SSSR count). The molecule has 0 unspecified atom stereocenters. The Hall–Kier alpha value is -3.35. The Balaban J connectivity index is 1.69. The Labute approximate surface area is 223 Å². The van der Waals surface area contributed by atoms with Crippen LogP contribution >= 0.6 is 0 Å². The van der Waals surface area contributed by atoms with E-state index in [0.717, 1.165) is 0 Å². The van der Waals surface area contributed by atoms with E-state index >= 15 is 0 Å². The van der Waals surface area contributed by atoms with Crippen LogP contribution in [0.4, 0.5) is 0 Å². The average Bonchev–Trinajstić information content (AvgIpc) is 2.90. The van der Waals surface area contributed by atoms with E-state index in [1.165, 1.54) is 25.3 Å². The first kappa shape index (κ1) is 27.2. The lowest BCUT2D eigenvalue weighted by atomic mass is 9.71. The molecule has 39 heavy (non-hydrogen) atoms. The van der Waals surface area contributed by atoms with Crippen LogP contribution in [0.2, 0.25) is 0 Å². The van der Waals surface area contributed by atoms with E-state index in [1.807, 2.05) is 0 Å². The normalized spacial score (nSPS) is 29.8. The van der Waals surface area contributed by atoms with E-state index in [0.29, 0.717) is 6.42 Å². The second-order valence-electron chi connectivity index (χ2n) is 10.7. The number of fused-ring (bicyclic) bond motifs is 3. The monoisotopic (exact) mass is 541 g/mol. The van der Waals surface area contributed by atoms with Gasteiger partial charge in [-0.2, -0.15) is 0 Å². The second-order valence-corrected chi connectivity index (χ2v) is 10.7. The fourth-order valence-corrected chi connectivity index (χ4v) is 6.25. The molecule has 0 bridgehead atoms. The maximum atomic E-state index is 13.7. The summed E-state index contributed by atoms with van der Waals surface area (Å²) in [5, 5.41) is 54.0. The van der Waals surface area contributed by atoms with Gasteiger partial charge in [0, 0.05) is 35.6 Å². The largest absolute Gasteiger partial charge is 0.507 e. The van der Waals surface area contributed by atoms with Crippen LogP contribution in [0.3, 0.4) is 0 Å². The van der Waals surface area contributed by atoms with Crippen molar-refractivity contribution in [3.63, 3.8) is 0 Å². The van der Waals surface area contributed by atoms with Gasteiger partial charge in [0.2, 0.25) is 5.78 Å².